The molecule has 0 aliphatic carbocycles. The summed E-state index contributed by atoms with van der Waals surface area (Å²) >= 11 is 0. The van der Waals surface area contributed by atoms with Gasteiger partial charge in [-0.2, -0.15) is 4.31 Å². The van der Waals surface area contributed by atoms with Gasteiger partial charge in [-0.1, -0.05) is 12.1 Å². The van der Waals surface area contributed by atoms with E-state index in [1.165, 1.54) is 4.31 Å². The van der Waals surface area contributed by atoms with E-state index in [1.54, 1.807) is 42.3 Å². The fourth-order valence-corrected chi connectivity index (χ4v) is 5.20. The van der Waals surface area contributed by atoms with Crippen molar-refractivity contribution in [2.24, 2.45) is 0 Å². The molecule has 8 heteroatoms. The van der Waals surface area contributed by atoms with Crippen LogP contribution in [0, 0.1) is 0 Å². The van der Waals surface area contributed by atoms with Crippen LogP contribution < -0.4 is 10.2 Å². The second-order valence-electron chi connectivity index (χ2n) is 6.18. The SMILES string of the molecule is CN1C(=O)c2cccc3c(S(=O)(=O)N4CCCNCC4)ccc1c23.Cl. The Hall–Kier alpha value is -1.67. The number of hydrogen-bond acceptors (Lipinski definition) is 4. The quantitative estimate of drug-likeness (QED) is 0.861. The van der Waals surface area contributed by atoms with E-state index < -0.39 is 10.0 Å². The van der Waals surface area contributed by atoms with Gasteiger partial charge in [0, 0.05) is 43.0 Å². The van der Waals surface area contributed by atoms with Crippen molar-refractivity contribution in [1.82, 2.24) is 9.62 Å². The van der Waals surface area contributed by atoms with Crippen LogP contribution in [0.25, 0.3) is 10.8 Å². The van der Waals surface area contributed by atoms with Crippen LogP contribution in [-0.4, -0.2) is 51.9 Å². The van der Waals surface area contributed by atoms with E-state index >= 15 is 0 Å². The van der Waals surface area contributed by atoms with Crippen LogP contribution in [0.5, 0.6) is 0 Å². The van der Waals surface area contributed by atoms with Gasteiger partial charge in [0.15, 0.2) is 0 Å². The third-order valence-electron chi connectivity index (χ3n) is 4.79. The van der Waals surface area contributed by atoms with Gasteiger partial charge in [0.2, 0.25) is 10.0 Å². The Morgan fingerprint density at radius 1 is 1.08 bits per heavy atom. The highest BCUT2D eigenvalue weighted by Gasteiger charge is 2.32. The number of hydrogen-bond donors (Lipinski definition) is 1. The average molecular weight is 382 g/mol. The number of carbonyl (C=O) groups is 1. The Balaban J connectivity index is 0.00000182. The molecule has 0 bridgehead atoms. The first kappa shape index (κ1) is 18.1. The van der Waals surface area contributed by atoms with Crippen molar-refractivity contribution in [1.29, 1.82) is 0 Å². The standard InChI is InChI=1S/C17H19N3O3S.ClH/c1-19-14-6-7-15(12-4-2-5-13(16(12)14)17(19)21)24(22,23)20-10-3-8-18-9-11-20;/h2,4-7,18H,3,8-11H2,1H3;1H. The highest BCUT2D eigenvalue weighted by Crippen LogP contribution is 2.39. The van der Waals surface area contributed by atoms with Crippen LogP contribution in [0.1, 0.15) is 16.8 Å². The Bertz CT molecular complexity index is 938. The van der Waals surface area contributed by atoms with Gasteiger partial charge in [0.1, 0.15) is 0 Å². The summed E-state index contributed by atoms with van der Waals surface area (Å²) in [6.45, 7) is 2.46. The largest absolute Gasteiger partial charge is 0.315 e. The lowest BCUT2D eigenvalue weighted by Crippen LogP contribution is -2.34. The molecule has 2 aliphatic rings. The van der Waals surface area contributed by atoms with E-state index in [1.807, 2.05) is 0 Å². The summed E-state index contributed by atoms with van der Waals surface area (Å²) in [5.41, 5.74) is 1.33. The molecule has 6 nitrogen and oxygen atoms in total. The van der Waals surface area contributed by atoms with Crippen molar-refractivity contribution < 1.29 is 13.2 Å². The average Bonchev–Trinajstić information content (AvgIpc) is 2.80. The molecule has 2 heterocycles. The Morgan fingerprint density at radius 2 is 1.88 bits per heavy atom. The molecule has 0 saturated carbocycles. The van der Waals surface area contributed by atoms with Gasteiger partial charge >= 0.3 is 0 Å². The zero-order valence-electron chi connectivity index (χ0n) is 13.9. The van der Waals surface area contributed by atoms with Crippen LogP contribution in [-0.2, 0) is 10.0 Å². The Morgan fingerprint density at radius 3 is 2.68 bits per heavy atom. The van der Waals surface area contributed by atoms with Crippen LogP contribution in [0.4, 0.5) is 5.69 Å². The summed E-state index contributed by atoms with van der Waals surface area (Å²) < 4.78 is 27.9. The van der Waals surface area contributed by atoms with Gasteiger partial charge in [-0.05, 0) is 31.2 Å². The first-order chi connectivity index (χ1) is 11.5. The third kappa shape index (κ3) is 2.71. The monoisotopic (exact) mass is 381 g/mol. The molecule has 1 saturated heterocycles. The van der Waals surface area contributed by atoms with E-state index in [9.17, 15) is 13.2 Å². The summed E-state index contributed by atoms with van der Waals surface area (Å²) in [4.78, 5) is 14.2. The fourth-order valence-electron chi connectivity index (χ4n) is 3.53. The van der Waals surface area contributed by atoms with Gasteiger partial charge in [-0.15, -0.1) is 12.4 Å². The minimum atomic E-state index is -3.59. The molecule has 134 valence electrons. The Labute approximate surface area is 153 Å². The molecule has 0 unspecified atom stereocenters. The van der Waals surface area contributed by atoms with Crippen molar-refractivity contribution in [2.45, 2.75) is 11.3 Å². The second kappa shape index (κ2) is 6.57. The van der Waals surface area contributed by atoms with Gasteiger partial charge in [0.25, 0.3) is 5.91 Å². The number of benzene rings is 2. The molecule has 25 heavy (non-hydrogen) atoms. The predicted molar refractivity (Wildman–Crippen MR) is 100 cm³/mol. The number of anilines is 1. The molecule has 0 atom stereocenters. The molecule has 2 aliphatic heterocycles. The van der Waals surface area contributed by atoms with Crippen molar-refractivity contribution in [2.75, 3.05) is 38.1 Å². The van der Waals surface area contributed by atoms with Crippen LogP contribution in [0.3, 0.4) is 0 Å². The van der Waals surface area contributed by atoms with Gasteiger partial charge < -0.3 is 10.2 Å². The lowest BCUT2D eigenvalue weighted by Gasteiger charge is -2.21. The summed E-state index contributed by atoms with van der Waals surface area (Å²) in [7, 11) is -1.88. The number of nitrogens with zero attached hydrogens (tertiary/aromatic N) is 2. The first-order valence-electron chi connectivity index (χ1n) is 8.06. The van der Waals surface area contributed by atoms with E-state index in [2.05, 4.69) is 5.32 Å². The second-order valence-corrected chi connectivity index (χ2v) is 8.09. The lowest BCUT2D eigenvalue weighted by atomic mass is 10.1. The molecule has 1 amide bonds. The zero-order valence-corrected chi connectivity index (χ0v) is 15.5. The number of halogens is 1. The van der Waals surface area contributed by atoms with E-state index in [0.717, 1.165) is 24.0 Å². The van der Waals surface area contributed by atoms with Gasteiger partial charge in [0.05, 0.1) is 10.6 Å². The zero-order chi connectivity index (χ0) is 16.9. The summed E-state index contributed by atoms with van der Waals surface area (Å²) in [6.07, 6.45) is 0.793. The van der Waals surface area contributed by atoms with Crippen molar-refractivity contribution in [3.63, 3.8) is 0 Å². The number of sulfonamides is 1. The normalized spacial score (nSPS) is 18.3. The number of nitrogens with one attached hydrogen (secondary N) is 1. The topological polar surface area (TPSA) is 69.7 Å². The highest BCUT2D eigenvalue weighted by atomic mass is 35.5. The minimum absolute atomic E-state index is 0. The molecule has 1 fully saturated rings. The third-order valence-corrected chi connectivity index (χ3v) is 6.75. The van der Waals surface area contributed by atoms with Gasteiger partial charge in [-0.3, -0.25) is 4.79 Å². The van der Waals surface area contributed by atoms with Crippen molar-refractivity contribution >= 4 is 44.8 Å². The van der Waals surface area contributed by atoms with E-state index in [-0.39, 0.29) is 23.2 Å². The molecule has 0 spiro atoms. The molecule has 0 aromatic heterocycles. The fraction of sp³-hybridized carbons (Fsp3) is 0.353. The first-order valence-corrected chi connectivity index (χ1v) is 9.50. The maximum Gasteiger partial charge on any atom is 0.258 e. The summed E-state index contributed by atoms with van der Waals surface area (Å²) in [5.74, 6) is -0.0934. The molecule has 4 rings (SSSR count). The number of rotatable bonds is 2. The van der Waals surface area contributed by atoms with Crippen molar-refractivity contribution in [3.05, 3.63) is 35.9 Å². The molecule has 0 radical (unpaired) electrons. The summed E-state index contributed by atoms with van der Waals surface area (Å²) in [6, 6.07) is 8.66. The van der Waals surface area contributed by atoms with Gasteiger partial charge in [-0.25, -0.2) is 8.42 Å². The molecular weight excluding hydrogens is 362 g/mol. The molecule has 1 N–H and O–H groups in total. The van der Waals surface area contributed by atoms with E-state index in [0.29, 0.717) is 30.6 Å². The van der Waals surface area contributed by atoms with Crippen LogP contribution >= 0.6 is 12.4 Å². The smallest absolute Gasteiger partial charge is 0.258 e. The van der Waals surface area contributed by atoms with Crippen LogP contribution in [0.2, 0.25) is 0 Å². The van der Waals surface area contributed by atoms with Crippen molar-refractivity contribution in [3.8, 4) is 0 Å². The Kier molecular flexibility index (Phi) is 4.76. The van der Waals surface area contributed by atoms with Crippen LogP contribution in [0.15, 0.2) is 35.2 Å². The predicted octanol–water partition coefficient (Wildman–Crippen LogP) is 1.84. The molecule has 2 aromatic carbocycles. The highest BCUT2D eigenvalue weighted by molar-refractivity contribution is 7.89. The maximum atomic E-state index is 13.2. The number of amides is 1. The van der Waals surface area contributed by atoms with E-state index in [4.69, 9.17) is 0 Å². The molecule has 2 aromatic rings. The number of carbonyl (C=O) groups excluding carboxylic acids is 1. The minimum Gasteiger partial charge on any atom is -0.315 e. The summed E-state index contributed by atoms with van der Waals surface area (Å²) in [5, 5.41) is 4.58. The lowest BCUT2D eigenvalue weighted by molar-refractivity contribution is 0.0999. The molecular formula is C17H20ClN3O3S. The maximum absolute atomic E-state index is 13.2.